The zero-order chi connectivity index (χ0) is 22.3. The van der Waals surface area contributed by atoms with Crippen molar-refractivity contribution in [2.24, 2.45) is 0 Å². The van der Waals surface area contributed by atoms with E-state index in [0.717, 1.165) is 29.1 Å². The quantitative estimate of drug-likeness (QED) is 0.745. The average Bonchev–Trinajstić information content (AvgIpc) is 2.64. The number of hydrogen-bond donors (Lipinski definition) is 2. The molecule has 1 saturated carbocycles. The third-order valence-corrected chi connectivity index (χ3v) is 8.08. The van der Waals surface area contributed by atoms with Gasteiger partial charge in [-0.15, -0.1) is 0 Å². The molecule has 2 aromatic rings. The lowest BCUT2D eigenvalue weighted by molar-refractivity contribution is -0.126. The largest absolute Gasteiger partial charge is 0.353 e. The molecule has 1 aliphatic heterocycles. The molecule has 0 radical (unpaired) electrons. The third-order valence-electron chi connectivity index (χ3n) is 5.96. The van der Waals surface area contributed by atoms with Gasteiger partial charge in [0.15, 0.2) is 0 Å². The van der Waals surface area contributed by atoms with Gasteiger partial charge < -0.3 is 10.6 Å². The monoisotopic (exact) mass is 441 g/mol. The van der Waals surface area contributed by atoms with Gasteiger partial charge in [0.05, 0.1) is 22.7 Å². The van der Waals surface area contributed by atoms with E-state index in [0.29, 0.717) is 22.5 Å². The van der Waals surface area contributed by atoms with Gasteiger partial charge in [-0.25, -0.2) is 8.42 Å². The minimum atomic E-state index is -4.11. The van der Waals surface area contributed by atoms with E-state index in [1.54, 1.807) is 38.1 Å². The Morgan fingerprint density at radius 3 is 2.39 bits per heavy atom. The van der Waals surface area contributed by atoms with Crippen molar-refractivity contribution < 1.29 is 18.0 Å². The molecular weight excluding hydrogens is 414 g/mol. The Labute approximate surface area is 182 Å². The third kappa shape index (κ3) is 3.92. The number of nitrogens with one attached hydrogen (secondary N) is 2. The maximum Gasteiger partial charge on any atom is 0.265 e. The summed E-state index contributed by atoms with van der Waals surface area (Å²) in [6, 6.07) is 9.34. The fourth-order valence-corrected chi connectivity index (χ4v) is 6.47. The van der Waals surface area contributed by atoms with Crippen LogP contribution in [0.15, 0.2) is 41.3 Å². The number of amides is 2. The second-order valence-electron chi connectivity index (χ2n) is 8.45. The number of benzene rings is 2. The molecule has 2 aromatic carbocycles. The Kier molecular flexibility index (Phi) is 5.51. The first kappa shape index (κ1) is 21.4. The van der Waals surface area contributed by atoms with Crippen LogP contribution in [-0.4, -0.2) is 32.3 Å². The minimum absolute atomic E-state index is 0.109. The molecule has 1 unspecified atom stereocenters. The van der Waals surface area contributed by atoms with Crippen molar-refractivity contribution in [1.29, 1.82) is 0 Å². The molecule has 2 N–H and O–H groups in total. The molecule has 2 aliphatic rings. The van der Waals surface area contributed by atoms with E-state index >= 15 is 0 Å². The molecule has 0 spiro atoms. The van der Waals surface area contributed by atoms with Crippen LogP contribution < -0.4 is 14.9 Å². The van der Waals surface area contributed by atoms with Gasteiger partial charge in [0, 0.05) is 6.04 Å². The fraction of sp³-hybridized carbons (Fsp3) is 0.391. The molecule has 1 heterocycles. The van der Waals surface area contributed by atoms with Crippen molar-refractivity contribution in [3.05, 3.63) is 53.1 Å². The molecule has 1 atom stereocenters. The highest BCUT2D eigenvalue weighted by Gasteiger charge is 2.43. The Hall–Kier alpha value is -2.87. The van der Waals surface area contributed by atoms with E-state index in [-0.39, 0.29) is 23.3 Å². The van der Waals surface area contributed by atoms with Gasteiger partial charge in [0.2, 0.25) is 11.8 Å². The smallest absolute Gasteiger partial charge is 0.265 e. The zero-order valence-electron chi connectivity index (χ0n) is 17.9. The molecule has 1 fully saturated rings. The van der Waals surface area contributed by atoms with Gasteiger partial charge in [0.1, 0.15) is 6.04 Å². The van der Waals surface area contributed by atoms with Gasteiger partial charge in [0.25, 0.3) is 10.0 Å². The number of carbonyl (C=O) groups excluding carboxylic acids is 2. The number of rotatable bonds is 5. The van der Waals surface area contributed by atoms with Crippen molar-refractivity contribution in [3.8, 4) is 0 Å². The summed E-state index contributed by atoms with van der Waals surface area (Å²) in [6.45, 7) is 5.41. The minimum Gasteiger partial charge on any atom is -0.353 e. The summed E-state index contributed by atoms with van der Waals surface area (Å²) in [4.78, 5) is 25.8. The van der Waals surface area contributed by atoms with Crippen LogP contribution in [0.1, 0.15) is 42.4 Å². The summed E-state index contributed by atoms with van der Waals surface area (Å²) >= 11 is 0. The highest BCUT2D eigenvalue weighted by Crippen LogP contribution is 2.38. The van der Waals surface area contributed by atoms with Crippen LogP contribution in [0, 0.1) is 20.8 Å². The standard InChI is InChI=1S/C23H27N3O4S/c1-14-11-15(2)22(16(3)12-14)31(29,30)26-19-10-5-4-9-18(19)25-23(28)20(26)13-21(27)24-17-7-6-8-17/h4-5,9-12,17,20H,6-8,13H2,1-3H3,(H,24,27)(H,25,28). The van der Waals surface area contributed by atoms with E-state index in [2.05, 4.69) is 10.6 Å². The van der Waals surface area contributed by atoms with Crippen LogP contribution in [-0.2, 0) is 19.6 Å². The average molecular weight is 442 g/mol. The van der Waals surface area contributed by atoms with Gasteiger partial charge in [-0.2, -0.15) is 0 Å². The van der Waals surface area contributed by atoms with Crippen molar-refractivity contribution in [1.82, 2.24) is 5.32 Å². The molecule has 164 valence electrons. The van der Waals surface area contributed by atoms with Crippen LogP contribution in [0.4, 0.5) is 11.4 Å². The van der Waals surface area contributed by atoms with Crippen LogP contribution in [0.25, 0.3) is 0 Å². The molecule has 7 nitrogen and oxygen atoms in total. The lowest BCUT2D eigenvalue weighted by Crippen LogP contribution is -2.53. The predicted molar refractivity (Wildman–Crippen MR) is 120 cm³/mol. The zero-order valence-corrected chi connectivity index (χ0v) is 18.8. The molecule has 31 heavy (non-hydrogen) atoms. The summed E-state index contributed by atoms with van der Waals surface area (Å²) in [5.41, 5.74) is 2.96. The van der Waals surface area contributed by atoms with Gasteiger partial charge in [-0.3, -0.25) is 13.9 Å². The summed E-state index contributed by atoms with van der Waals surface area (Å²) < 4.78 is 29.0. The van der Waals surface area contributed by atoms with Crippen LogP contribution in [0.5, 0.6) is 0 Å². The first-order valence-electron chi connectivity index (χ1n) is 10.5. The molecule has 0 saturated heterocycles. The lowest BCUT2D eigenvalue weighted by atomic mass is 9.93. The Bertz CT molecular complexity index is 1130. The number of carbonyl (C=O) groups is 2. The molecular formula is C23H27N3O4S. The number of anilines is 2. The Morgan fingerprint density at radius 1 is 1.13 bits per heavy atom. The number of aryl methyl sites for hydroxylation is 3. The summed E-state index contributed by atoms with van der Waals surface area (Å²) in [5.74, 6) is -0.824. The first-order chi connectivity index (χ1) is 14.7. The molecule has 0 bridgehead atoms. The maximum atomic E-state index is 13.9. The van der Waals surface area contributed by atoms with Gasteiger partial charge >= 0.3 is 0 Å². The molecule has 1 aliphatic carbocycles. The van der Waals surface area contributed by atoms with Gasteiger partial charge in [-0.1, -0.05) is 29.8 Å². The van der Waals surface area contributed by atoms with E-state index in [9.17, 15) is 18.0 Å². The van der Waals surface area contributed by atoms with E-state index in [1.165, 1.54) is 0 Å². The number of sulfonamides is 1. The van der Waals surface area contributed by atoms with Crippen molar-refractivity contribution in [2.75, 3.05) is 9.62 Å². The van der Waals surface area contributed by atoms with Crippen molar-refractivity contribution >= 4 is 33.2 Å². The molecule has 0 aromatic heterocycles. The van der Waals surface area contributed by atoms with Crippen molar-refractivity contribution in [2.45, 2.75) is 63.4 Å². The second kappa shape index (κ2) is 8.00. The van der Waals surface area contributed by atoms with Crippen molar-refractivity contribution in [3.63, 3.8) is 0 Å². The number of fused-ring (bicyclic) bond motifs is 1. The topological polar surface area (TPSA) is 95.6 Å². The fourth-order valence-electron chi connectivity index (χ4n) is 4.42. The summed E-state index contributed by atoms with van der Waals surface area (Å²) in [6.07, 6.45) is 2.65. The van der Waals surface area contributed by atoms with E-state index < -0.39 is 22.0 Å². The predicted octanol–water partition coefficient (Wildman–Crippen LogP) is 3.19. The highest BCUT2D eigenvalue weighted by molar-refractivity contribution is 7.93. The Balaban J connectivity index is 1.80. The maximum absolute atomic E-state index is 13.9. The summed E-state index contributed by atoms with van der Waals surface area (Å²) in [5, 5.41) is 5.67. The first-order valence-corrected chi connectivity index (χ1v) is 11.9. The number of para-hydroxylation sites is 2. The lowest BCUT2D eigenvalue weighted by Gasteiger charge is -2.37. The SMILES string of the molecule is Cc1cc(C)c(S(=O)(=O)N2c3ccccc3NC(=O)C2CC(=O)NC2CCC2)c(C)c1. The number of hydrogen-bond acceptors (Lipinski definition) is 4. The van der Waals surface area contributed by atoms with Crippen LogP contribution in [0.3, 0.4) is 0 Å². The van der Waals surface area contributed by atoms with E-state index in [1.807, 2.05) is 19.1 Å². The van der Waals surface area contributed by atoms with Crippen LogP contribution >= 0.6 is 0 Å². The van der Waals surface area contributed by atoms with Gasteiger partial charge in [-0.05, 0) is 63.3 Å². The summed E-state index contributed by atoms with van der Waals surface area (Å²) in [7, 11) is -4.11. The molecule has 4 rings (SSSR count). The molecule has 2 amide bonds. The van der Waals surface area contributed by atoms with Crippen LogP contribution in [0.2, 0.25) is 0 Å². The highest BCUT2D eigenvalue weighted by atomic mass is 32.2. The second-order valence-corrected chi connectivity index (χ2v) is 10.2. The normalized spacial score (nSPS) is 18.7. The molecule has 8 heteroatoms. The number of nitrogens with zero attached hydrogens (tertiary/aromatic N) is 1. The van der Waals surface area contributed by atoms with E-state index in [4.69, 9.17) is 0 Å². The Morgan fingerprint density at radius 2 is 1.77 bits per heavy atom.